The van der Waals surface area contributed by atoms with Gasteiger partial charge in [-0.05, 0) is 29.5 Å². The predicted molar refractivity (Wildman–Crippen MR) is 162 cm³/mol. The molecule has 0 saturated heterocycles. The first-order valence-electron chi connectivity index (χ1n) is 12.6. The molecule has 1 aliphatic heterocycles. The lowest BCUT2D eigenvalue weighted by atomic mass is 9.36. The van der Waals surface area contributed by atoms with E-state index in [0.717, 1.165) is 39.2 Å². The molecular weight excluding hydrogens is 505 g/mol. The van der Waals surface area contributed by atoms with Gasteiger partial charge in [-0.3, -0.25) is 4.99 Å². The number of thioether (sulfide) groups is 2. The number of fused-ring (bicyclic) bond motifs is 2. The summed E-state index contributed by atoms with van der Waals surface area (Å²) in [6, 6.07) is 38.8. The van der Waals surface area contributed by atoms with Crippen LogP contribution < -0.4 is 10.9 Å². The zero-order valence-electron chi connectivity index (χ0n) is 20.6. The molecule has 6 heteroatoms. The van der Waals surface area contributed by atoms with Crippen LogP contribution in [-0.2, 0) is 11.2 Å². The third-order valence-corrected chi connectivity index (χ3v) is 9.50. The summed E-state index contributed by atoms with van der Waals surface area (Å²) < 4.78 is 0.729. The summed E-state index contributed by atoms with van der Waals surface area (Å²) >= 11 is 3.12. The van der Waals surface area contributed by atoms with Crippen LogP contribution in [0.5, 0.6) is 0 Å². The Morgan fingerprint density at radius 1 is 0.711 bits per heavy atom. The van der Waals surface area contributed by atoms with E-state index in [1.165, 1.54) is 20.9 Å². The Bertz CT molecular complexity index is 1540. The highest BCUT2D eigenvalue weighted by molar-refractivity contribution is 8.31. The van der Waals surface area contributed by atoms with Crippen LogP contribution in [0.2, 0.25) is 0 Å². The van der Waals surface area contributed by atoms with Crippen LogP contribution in [0.1, 0.15) is 23.1 Å². The van der Waals surface area contributed by atoms with E-state index < -0.39 is 5.97 Å². The fraction of sp³-hybridized carbons (Fsp3) is 0.0625. The van der Waals surface area contributed by atoms with Gasteiger partial charge in [-0.15, -0.1) is 0 Å². The number of rotatable bonds is 6. The van der Waals surface area contributed by atoms with Crippen molar-refractivity contribution in [2.45, 2.75) is 12.8 Å². The number of carbonyl (C=O) groups is 1. The monoisotopic (exact) mass is 529 g/mol. The Labute approximate surface area is 231 Å². The molecule has 38 heavy (non-hydrogen) atoms. The molecule has 0 bridgehead atoms. The normalized spacial score (nSPS) is 16.1. The number of carboxylic acid groups (broad SMARTS) is 1. The number of hydrogen-bond donors (Lipinski definition) is 1. The molecule has 0 radical (unpaired) electrons. The average Bonchev–Trinajstić information content (AvgIpc) is 3.41. The van der Waals surface area contributed by atoms with Crippen molar-refractivity contribution in [1.82, 2.24) is 0 Å². The molecule has 3 nitrogen and oxygen atoms in total. The molecule has 0 saturated carbocycles. The number of allylic oxidation sites excluding steroid dienone is 1. The lowest BCUT2D eigenvalue weighted by molar-refractivity contribution is -0.132. The topological polar surface area (TPSA) is 49.7 Å². The Morgan fingerprint density at radius 3 is 1.92 bits per heavy atom. The minimum absolute atomic E-state index is 0.0996. The summed E-state index contributed by atoms with van der Waals surface area (Å²) in [4.78, 5) is 20.2. The first-order chi connectivity index (χ1) is 18.7. The van der Waals surface area contributed by atoms with Crippen LogP contribution in [-0.4, -0.2) is 23.4 Å². The molecule has 0 amide bonds. The van der Waals surface area contributed by atoms with E-state index in [1.807, 2.05) is 66.7 Å². The van der Waals surface area contributed by atoms with Crippen molar-refractivity contribution >= 4 is 57.6 Å². The maximum absolute atomic E-state index is 12.8. The largest absolute Gasteiger partial charge is 0.476 e. The Balaban J connectivity index is 1.52. The first-order valence-corrected chi connectivity index (χ1v) is 14.2. The minimum Gasteiger partial charge on any atom is -0.476 e. The highest BCUT2D eigenvalue weighted by atomic mass is 32.2. The van der Waals surface area contributed by atoms with Gasteiger partial charge in [0.1, 0.15) is 0 Å². The van der Waals surface area contributed by atoms with Crippen LogP contribution >= 0.6 is 23.5 Å². The number of aliphatic imine (C=N–C) groups is 1. The lowest BCUT2D eigenvalue weighted by Gasteiger charge is -2.19. The van der Waals surface area contributed by atoms with E-state index in [9.17, 15) is 9.90 Å². The van der Waals surface area contributed by atoms with E-state index in [0.29, 0.717) is 0 Å². The number of hydrogen-bond acceptors (Lipinski definition) is 4. The second-order valence-electron chi connectivity index (χ2n) is 9.17. The summed E-state index contributed by atoms with van der Waals surface area (Å²) in [6.45, 7) is -0.227. The molecule has 1 aliphatic carbocycles. The number of aryl methyl sites for hydroxylation is 1. The summed E-state index contributed by atoms with van der Waals surface area (Å²) in [5.74, 6) is -1.01. The van der Waals surface area contributed by atoms with Crippen LogP contribution in [0.4, 0.5) is 0 Å². The highest BCUT2D eigenvalue weighted by Gasteiger charge is 2.33. The molecule has 4 aromatic rings. The van der Waals surface area contributed by atoms with E-state index in [4.69, 9.17) is 4.99 Å². The fourth-order valence-electron chi connectivity index (χ4n) is 5.01. The third-order valence-electron chi connectivity index (χ3n) is 6.78. The van der Waals surface area contributed by atoms with Crippen molar-refractivity contribution in [2.75, 3.05) is 0 Å². The van der Waals surface area contributed by atoms with Crippen molar-refractivity contribution in [1.29, 1.82) is 0 Å². The van der Waals surface area contributed by atoms with Crippen molar-refractivity contribution in [3.05, 3.63) is 147 Å². The number of carboxylic acids is 1. The zero-order valence-corrected chi connectivity index (χ0v) is 22.2. The van der Waals surface area contributed by atoms with Gasteiger partial charge in [0.05, 0.1) is 4.24 Å². The van der Waals surface area contributed by atoms with Gasteiger partial charge in [0.15, 0.2) is 5.70 Å². The molecule has 4 aromatic carbocycles. The zero-order chi connectivity index (χ0) is 25.9. The van der Waals surface area contributed by atoms with Gasteiger partial charge in [-0.2, -0.15) is 0 Å². The quantitative estimate of drug-likeness (QED) is 0.179. The Kier molecular flexibility index (Phi) is 7.08. The maximum atomic E-state index is 12.8. The van der Waals surface area contributed by atoms with Gasteiger partial charge in [0.2, 0.25) is 0 Å². The second kappa shape index (κ2) is 10.9. The van der Waals surface area contributed by atoms with Crippen molar-refractivity contribution in [3.8, 4) is 0 Å². The Morgan fingerprint density at radius 2 is 1.29 bits per heavy atom. The van der Waals surface area contributed by atoms with E-state index in [2.05, 4.69) is 48.5 Å². The molecule has 0 spiro atoms. The van der Waals surface area contributed by atoms with E-state index >= 15 is 0 Å². The molecule has 6 rings (SSSR count). The molecule has 0 fully saturated rings. The predicted octanol–water partition coefficient (Wildman–Crippen LogP) is 6.37. The Hall–Kier alpha value is -3.74. The van der Waals surface area contributed by atoms with Gasteiger partial charge >= 0.3 is 5.97 Å². The molecule has 0 atom stereocenters. The summed E-state index contributed by atoms with van der Waals surface area (Å²) in [7, 11) is 0. The molecule has 0 unspecified atom stereocenters. The lowest BCUT2D eigenvalue weighted by Crippen LogP contribution is -2.49. The highest BCUT2D eigenvalue weighted by Crippen LogP contribution is 2.58. The van der Waals surface area contributed by atoms with Crippen molar-refractivity contribution in [2.24, 2.45) is 4.99 Å². The molecule has 2 aliphatic rings. The van der Waals surface area contributed by atoms with Crippen LogP contribution in [0.15, 0.2) is 135 Å². The SMILES string of the molecule is O=C(O)/C(N=C(B(c1ccccc1)c1ccccc1)c1ccccc1)=C1/SC2=C(S1)c1ccccc1CC2. The number of nitrogens with zero attached hydrogens (tertiary/aromatic N) is 1. The fourth-order valence-corrected chi connectivity index (χ4v) is 7.78. The molecular formula is C32H24BNO2S2. The van der Waals surface area contributed by atoms with Gasteiger partial charge in [0.25, 0.3) is 6.71 Å². The van der Waals surface area contributed by atoms with Crippen molar-refractivity contribution in [3.63, 3.8) is 0 Å². The minimum atomic E-state index is -1.01. The summed E-state index contributed by atoms with van der Waals surface area (Å²) in [6.07, 6.45) is 1.90. The number of benzene rings is 4. The first kappa shape index (κ1) is 24.6. The molecule has 1 N–H and O–H groups in total. The molecule has 0 aromatic heterocycles. The van der Waals surface area contributed by atoms with Gasteiger partial charge in [-0.25, -0.2) is 4.79 Å². The van der Waals surface area contributed by atoms with Crippen molar-refractivity contribution < 1.29 is 9.90 Å². The van der Waals surface area contributed by atoms with Gasteiger partial charge < -0.3 is 5.11 Å². The summed E-state index contributed by atoms with van der Waals surface area (Å²) in [5.41, 5.74) is 6.38. The second-order valence-corrected chi connectivity index (χ2v) is 11.6. The van der Waals surface area contributed by atoms with E-state index in [1.54, 1.807) is 23.5 Å². The number of aliphatic carboxylic acids is 1. The maximum Gasteiger partial charge on any atom is 0.356 e. The van der Waals surface area contributed by atoms with Crippen LogP contribution in [0.3, 0.4) is 0 Å². The summed E-state index contributed by atoms with van der Waals surface area (Å²) in [5, 5.41) is 10.5. The average molecular weight is 529 g/mol. The van der Waals surface area contributed by atoms with Gasteiger partial charge in [-0.1, -0.05) is 150 Å². The molecule has 184 valence electrons. The molecule has 1 heterocycles. The van der Waals surface area contributed by atoms with E-state index in [-0.39, 0.29) is 12.4 Å². The smallest absolute Gasteiger partial charge is 0.356 e. The standard InChI is InChI=1S/C32H24BNO2S2/c35-31(36)28(32-37-27-21-20-22-12-10-11-19-26(22)29(27)38-32)34-30(23-13-4-1-5-14-23)33(24-15-6-2-7-16-24)25-17-8-3-9-18-25/h1-19H,20-21H2,(H,35,36)/b32-28+,34-30?. The van der Waals surface area contributed by atoms with Crippen LogP contribution in [0.25, 0.3) is 4.91 Å². The van der Waals surface area contributed by atoms with Gasteiger partial charge in [0, 0.05) is 15.4 Å². The third kappa shape index (κ3) is 4.90. The van der Waals surface area contributed by atoms with Crippen LogP contribution in [0, 0.1) is 0 Å².